The molecule has 0 saturated heterocycles. The molecule has 0 radical (unpaired) electrons. The van der Waals surface area contributed by atoms with Gasteiger partial charge in [-0.1, -0.05) is 0 Å². The first-order chi connectivity index (χ1) is 11.5. The van der Waals surface area contributed by atoms with Gasteiger partial charge in [0.25, 0.3) is 5.91 Å². The van der Waals surface area contributed by atoms with E-state index in [0.717, 1.165) is 29.5 Å². The van der Waals surface area contributed by atoms with E-state index in [4.69, 9.17) is 4.74 Å². The first-order valence-corrected chi connectivity index (χ1v) is 8.84. The molecule has 2 aromatic heterocycles. The molecule has 0 atom stereocenters. The van der Waals surface area contributed by atoms with Crippen molar-refractivity contribution in [2.45, 2.75) is 45.6 Å². The zero-order chi connectivity index (χ0) is 17.1. The van der Waals surface area contributed by atoms with Crippen LogP contribution >= 0.6 is 11.3 Å². The topological polar surface area (TPSA) is 93.2 Å². The largest absolute Gasteiger partial charge is 0.467 e. The van der Waals surface area contributed by atoms with Crippen LogP contribution in [-0.2, 0) is 17.6 Å². The van der Waals surface area contributed by atoms with Crippen LogP contribution in [-0.4, -0.2) is 34.6 Å². The number of amides is 3. The predicted octanol–water partition coefficient (Wildman–Crippen LogP) is 2.18. The van der Waals surface area contributed by atoms with Crippen LogP contribution in [0.25, 0.3) is 10.2 Å². The summed E-state index contributed by atoms with van der Waals surface area (Å²) in [5.41, 5.74) is 1.25. The van der Waals surface area contributed by atoms with Gasteiger partial charge in [-0.2, -0.15) is 0 Å². The summed E-state index contributed by atoms with van der Waals surface area (Å²) in [5.74, 6) is -0.0946. The summed E-state index contributed by atoms with van der Waals surface area (Å²) < 4.78 is 5.57. The molecule has 3 amide bonds. The average molecular weight is 348 g/mol. The number of hydrogen-bond acceptors (Lipinski definition) is 6. The zero-order valence-corrected chi connectivity index (χ0v) is 14.5. The van der Waals surface area contributed by atoms with Gasteiger partial charge < -0.3 is 10.1 Å². The summed E-state index contributed by atoms with van der Waals surface area (Å²) >= 11 is 1.67. The van der Waals surface area contributed by atoms with Crippen molar-refractivity contribution in [2.75, 3.05) is 6.61 Å². The molecule has 2 heterocycles. The number of nitrogens with one attached hydrogen (secondary N) is 2. The maximum absolute atomic E-state index is 11.8. The van der Waals surface area contributed by atoms with E-state index in [-0.39, 0.29) is 12.6 Å². The fourth-order valence-electron chi connectivity index (χ4n) is 2.77. The molecule has 0 unspecified atom stereocenters. The Labute approximate surface area is 143 Å². The summed E-state index contributed by atoms with van der Waals surface area (Å²) in [5, 5.41) is 5.73. The predicted molar refractivity (Wildman–Crippen MR) is 91.4 cm³/mol. The molecular formula is C16H20N4O3S. The van der Waals surface area contributed by atoms with Crippen molar-refractivity contribution >= 4 is 33.5 Å². The standard InChI is InChI=1S/C16H20N4O3S/c1-9(2)19-16(22)20-12(21)7-23-14-13-10-5-3-4-6-11(10)24-15(13)18-8-17-14/h8-9H,3-7H2,1-2H3,(H2,19,20,21,22). The molecule has 0 saturated carbocycles. The molecule has 0 aliphatic heterocycles. The number of imide groups is 1. The van der Waals surface area contributed by atoms with Crippen molar-refractivity contribution < 1.29 is 14.3 Å². The van der Waals surface area contributed by atoms with Crippen molar-refractivity contribution in [1.82, 2.24) is 20.6 Å². The van der Waals surface area contributed by atoms with Gasteiger partial charge >= 0.3 is 6.03 Å². The SMILES string of the molecule is CC(C)NC(=O)NC(=O)COc1ncnc2sc3c(c12)CCCC3. The second kappa shape index (κ2) is 7.12. The van der Waals surface area contributed by atoms with E-state index in [0.29, 0.717) is 5.88 Å². The molecule has 1 aliphatic carbocycles. The maximum atomic E-state index is 11.8. The number of thiophene rings is 1. The van der Waals surface area contributed by atoms with Gasteiger partial charge in [0, 0.05) is 10.9 Å². The third kappa shape index (κ3) is 3.64. The Bertz CT molecular complexity index is 772. The van der Waals surface area contributed by atoms with Crippen molar-refractivity contribution in [3.63, 3.8) is 0 Å². The monoisotopic (exact) mass is 348 g/mol. The van der Waals surface area contributed by atoms with Crippen LogP contribution < -0.4 is 15.4 Å². The van der Waals surface area contributed by atoms with E-state index in [1.54, 1.807) is 11.3 Å². The van der Waals surface area contributed by atoms with Crippen molar-refractivity contribution in [3.8, 4) is 5.88 Å². The summed E-state index contributed by atoms with van der Waals surface area (Å²) in [7, 11) is 0. The lowest BCUT2D eigenvalue weighted by Gasteiger charge is -2.12. The molecule has 128 valence electrons. The van der Waals surface area contributed by atoms with Crippen LogP contribution in [0.4, 0.5) is 4.79 Å². The highest BCUT2D eigenvalue weighted by atomic mass is 32.1. The number of aryl methyl sites for hydroxylation is 2. The Balaban J connectivity index is 1.70. The van der Waals surface area contributed by atoms with Crippen LogP contribution in [0.3, 0.4) is 0 Å². The van der Waals surface area contributed by atoms with Crippen LogP contribution in [0.2, 0.25) is 0 Å². The van der Waals surface area contributed by atoms with E-state index in [2.05, 4.69) is 20.6 Å². The third-order valence-corrected chi connectivity index (χ3v) is 4.93. The number of carbonyl (C=O) groups is 2. The van der Waals surface area contributed by atoms with E-state index in [9.17, 15) is 9.59 Å². The molecule has 0 spiro atoms. The molecule has 0 bridgehead atoms. The fraction of sp³-hybridized carbons (Fsp3) is 0.500. The minimum absolute atomic E-state index is 0.0439. The van der Waals surface area contributed by atoms with Crippen molar-refractivity contribution in [2.24, 2.45) is 0 Å². The molecule has 24 heavy (non-hydrogen) atoms. The highest BCUT2D eigenvalue weighted by Crippen LogP contribution is 2.38. The van der Waals surface area contributed by atoms with E-state index in [1.807, 2.05) is 13.8 Å². The quantitative estimate of drug-likeness (QED) is 0.883. The maximum Gasteiger partial charge on any atom is 0.321 e. The Morgan fingerprint density at radius 1 is 1.29 bits per heavy atom. The van der Waals surface area contributed by atoms with Gasteiger partial charge in [0.1, 0.15) is 11.2 Å². The number of urea groups is 1. The number of nitrogens with zero attached hydrogens (tertiary/aromatic N) is 2. The van der Waals surface area contributed by atoms with Gasteiger partial charge in [-0.15, -0.1) is 11.3 Å². The van der Waals surface area contributed by atoms with Crippen molar-refractivity contribution in [1.29, 1.82) is 0 Å². The number of aromatic nitrogens is 2. The van der Waals surface area contributed by atoms with Crippen molar-refractivity contribution in [3.05, 3.63) is 16.8 Å². The van der Waals surface area contributed by atoms with E-state index in [1.165, 1.54) is 23.2 Å². The molecular weight excluding hydrogens is 328 g/mol. The minimum atomic E-state index is -0.528. The van der Waals surface area contributed by atoms with Crippen LogP contribution in [0.15, 0.2) is 6.33 Å². The van der Waals surface area contributed by atoms with Crippen LogP contribution in [0.5, 0.6) is 5.88 Å². The highest BCUT2D eigenvalue weighted by molar-refractivity contribution is 7.18. The van der Waals surface area contributed by atoms with Gasteiger partial charge in [0.2, 0.25) is 5.88 Å². The molecule has 1 aliphatic rings. The van der Waals surface area contributed by atoms with E-state index >= 15 is 0 Å². The Kier molecular flexibility index (Phi) is 4.94. The number of carbonyl (C=O) groups excluding carboxylic acids is 2. The Morgan fingerprint density at radius 2 is 2.08 bits per heavy atom. The van der Waals surface area contributed by atoms with Gasteiger partial charge in [0.15, 0.2) is 6.61 Å². The number of fused-ring (bicyclic) bond motifs is 3. The number of ether oxygens (including phenoxy) is 1. The summed E-state index contributed by atoms with van der Waals surface area (Å²) in [6.45, 7) is 3.37. The second-order valence-electron chi connectivity index (χ2n) is 6.03. The number of hydrogen-bond donors (Lipinski definition) is 2. The molecule has 2 N–H and O–H groups in total. The lowest BCUT2D eigenvalue weighted by Crippen LogP contribution is -2.44. The van der Waals surface area contributed by atoms with Gasteiger partial charge in [-0.25, -0.2) is 14.8 Å². The third-order valence-electron chi connectivity index (χ3n) is 3.73. The smallest absolute Gasteiger partial charge is 0.321 e. The molecule has 7 nitrogen and oxygen atoms in total. The molecule has 0 aromatic carbocycles. The Hall–Kier alpha value is -2.22. The van der Waals surface area contributed by atoms with Crippen LogP contribution in [0.1, 0.15) is 37.1 Å². The molecule has 0 fully saturated rings. The lowest BCUT2D eigenvalue weighted by atomic mass is 9.97. The zero-order valence-electron chi connectivity index (χ0n) is 13.7. The van der Waals surface area contributed by atoms with Gasteiger partial charge in [-0.3, -0.25) is 10.1 Å². The first-order valence-electron chi connectivity index (χ1n) is 8.03. The highest BCUT2D eigenvalue weighted by Gasteiger charge is 2.21. The minimum Gasteiger partial charge on any atom is -0.467 e. The number of rotatable bonds is 4. The normalized spacial score (nSPS) is 13.6. The molecule has 8 heteroatoms. The first kappa shape index (κ1) is 16.6. The molecule has 3 rings (SSSR count). The molecule has 2 aromatic rings. The van der Waals surface area contributed by atoms with E-state index < -0.39 is 11.9 Å². The van der Waals surface area contributed by atoms with Crippen LogP contribution in [0, 0.1) is 0 Å². The summed E-state index contributed by atoms with van der Waals surface area (Å²) in [6, 6.07) is -0.572. The van der Waals surface area contributed by atoms with Gasteiger partial charge in [-0.05, 0) is 45.1 Å². The fourth-order valence-corrected chi connectivity index (χ4v) is 3.99. The Morgan fingerprint density at radius 3 is 2.88 bits per heavy atom. The van der Waals surface area contributed by atoms with Gasteiger partial charge in [0.05, 0.1) is 5.39 Å². The lowest BCUT2D eigenvalue weighted by molar-refractivity contribution is -0.122. The second-order valence-corrected chi connectivity index (χ2v) is 7.12. The summed E-state index contributed by atoms with van der Waals surface area (Å²) in [4.78, 5) is 34.1. The summed E-state index contributed by atoms with van der Waals surface area (Å²) in [6.07, 6.45) is 5.83. The average Bonchev–Trinajstić information content (AvgIpc) is 2.91.